The molecule has 2 heterocycles. The zero-order chi connectivity index (χ0) is 10.5. The van der Waals surface area contributed by atoms with E-state index in [4.69, 9.17) is 11.1 Å². The fourth-order valence-electron chi connectivity index (χ4n) is 1.30. The van der Waals surface area contributed by atoms with E-state index in [2.05, 4.69) is 0 Å². The Morgan fingerprint density at radius 2 is 2.43 bits per heavy atom. The Morgan fingerprint density at radius 3 is 3.00 bits per heavy atom. The summed E-state index contributed by atoms with van der Waals surface area (Å²) in [5.74, 6) is -0.491. The maximum Gasteiger partial charge on any atom is 0.275 e. The Hall–Kier alpha value is -1.14. The summed E-state index contributed by atoms with van der Waals surface area (Å²) in [6.45, 7) is 1.40. The third-order valence-electron chi connectivity index (χ3n) is 2.30. The first-order chi connectivity index (χ1) is 6.46. The summed E-state index contributed by atoms with van der Waals surface area (Å²) in [5.41, 5.74) is 5.80. The van der Waals surface area contributed by atoms with Gasteiger partial charge in [-0.25, -0.2) is 0 Å². The van der Waals surface area contributed by atoms with Crippen molar-refractivity contribution in [2.45, 2.75) is 17.2 Å². The summed E-state index contributed by atoms with van der Waals surface area (Å²) in [6, 6.07) is 0. The van der Waals surface area contributed by atoms with E-state index in [0.717, 1.165) is 11.8 Å². The second kappa shape index (κ2) is 2.68. The van der Waals surface area contributed by atoms with E-state index < -0.39 is 4.87 Å². The molecule has 2 aliphatic heterocycles. The Kier molecular flexibility index (Phi) is 1.80. The molecule has 6 heteroatoms. The van der Waals surface area contributed by atoms with E-state index in [1.807, 2.05) is 0 Å². The number of β-lactam (4-membered cyclic amide) rings is 1. The highest BCUT2D eigenvalue weighted by Crippen LogP contribution is 2.39. The summed E-state index contributed by atoms with van der Waals surface area (Å²) >= 11 is 1.13. The third kappa shape index (κ3) is 1.04. The van der Waals surface area contributed by atoms with Crippen molar-refractivity contribution >= 4 is 29.2 Å². The highest BCUT2D eigenvalue weighted by Gasteiger charge is 2.49. The smallest absolute Gasteiger partial charge is 0.275 e. The van der Waals surface area contributed by atoms with E-state index in [1.165, 1.54) is 24.1 Å². The topological polar surface area (TPSA) is 87.2 Å². The zero-order valence-corrected chi connectivity index (χ0v) is 8.30. The summed E-state index contributed by atoms with van der Waals surface area (Å²) in [5, 5.41) is 6.98. The van der Waals surface area contributed by atoms with Crippen molar-refractivity contribution in [3.05, 3.63) is 12.3 Å². The second-order valence-electron chi connectivity index (χ2n) is 3.26. The minimum Gasteiger partial charge on any atom is -0.307 e. The normalized spacial score (nSPS) is 35.3. The Bertz CT molecular complexity index is 379. The molecule has 0 aliphatic carbocycles. The average Bonchev–Trinajstić information content (AvgIpc) is 2.16. The van der Waals surface area contributed by atoms with Crippen LogP contribution in [0.5, 0.6) is 0 Å². The lowest BCUT2D eigenvalue weighted by atomic mass is 10.1. The van der Waals surface area contributed by atoms with E-state index >= 15 is 0 Å². The van der Waals surface area contributed by atoms with Crippen molar-refractivity contribution in [3.8, 4) is 0 Å². The largest absolute Gasteiger partial charge is 0.307 e. The highest BCUT2D eigenvalue weighted by molar-refractivity contribution is 8.03. The lowest BCUT2D eigenvalue weighted by Crippen LogP contribution is -2.62. The van der Waals surface area contributed by atoms with Gasteiger partial charge in [0.2, 0.25) is 0 Å². The maximum absolute atomic E-state index is 11.2. The Morgan fingerprint density at radius 1 is 1.79 bits per heavy atom. The van der Waals surface area contributed by atoms with E-state index in [9.17, 15) is 9.59 Å². The first-order valence-corrected chi connectivity index (χ1v) is 4.92. The quantitative estimate of drug-likeness (QED) is 0.582. The molecule has 0 spiro atoms. The SMILES string of the molecule is CC(=O)C1(N)C=CN2C(=O)C(=N)[C@H]2S1. The lowest BCUT2D eigenvalue weighted by molar-refractivity contribution is -0.126. The van der Waals surface area contributed by atoms with Gasteiger partial charge >= 0.3 is 0 Å². The van der Waals surface area contributed by atoms with Crippen LogP contribution in [0.15, 0.2) is 12.3 Å². The molecule has 2 rings (SSSR count). The molecule has 0 aromatic carbocycles. The number of Topliss-reactive ketones (excluding diaryl/α,β-unsaturated/α-hetero) is 1. The molecule has 0 bridgehead atoms. The molecule has 14 heavy (non-hydrogen) atoms. The van der Waals surface area contributed by atoms with Crippen LogP contribution in [0, 0.1) is 5.41 Å². The molecule has 1 saturated heterocycles. The molecule has 1 amide bonds. The number of nitrogens with one attached hydrogen (secondary N) is 1. The zero-order valence-electron chi connectivity index (χ0n) is 7.48. The van der Waals surface area contributed by atoms with Crippen LogP contribution in [0.4, 0.5) is 0 Å². The molecule has 1 unspecified atom stereocenters. The van der Waals surface area contributed by atoms with E-state index in [0.29, 0.717) is 0 Å². The van der Waals surface area contributed by atoms with Gasteiger partial charge in [-0.2, -0.15) is 0 Å². The molecule has 0 saturated carbocycles. The van der Waals surface area contributed by atoms with Gasteiger partial charge in [-0.3, -0.25) is 19.9 Å². The maximum atomic E-state index is 11.2. The van der Waals surface area contributed by atoms with Crippen LogP contribution < -0.4 is 5.73 Å². The van der Waals surface area contributed by atoms with Crippen LogP contribution in [0.3, 0.4) is 0 Å². The molecule has 0 aromatic heterocycles. The molecular weight excluding hydrogens is 202 g/mol. The van der Waals surface area contributed by atoms with E-state index in [1.54, 1.807) is 0 Å². The highest BCUT2D eigenvalue weighted by atomic mass is 32.2. The number of nitrogens with zero attached hydrogens (tertiary/aromatic N) is 1. The number of amides is 1. The number of hydrogen-bond donors (Lipinski definition) is 2. The van der Waals surface area contributed by atoms with Gasteiger partial charge in [-0.05, 0) is 13.0 Å². The van der Waals surface area contributed by atoms with Crippen molar-refractivity contribution in [1.82, 2.24) is 4.90 Å². The van der Waals surface area contributed by atoms with Crippen LogP contribution in [0.2, 0.25) is 0 Å². The minimum atomic E-state index is -1.09. The molecule has 1 fully saturated rings. The van der Waals surface area contributed by atoms with Gasteiger partial charge in [-0.15, -0.1) is 0 Å². The van der Waals surface area contributed by atoms with Gasteiger partial charge in [-0.1, -0.05) is 11.8 Å². The van der Waals surface area contributed by atoms with Crippen molar-refractivity contribution in [2.75, 3.05) is 0 Å². The first kappa shape index (κ1) is 9.42. The van der Waals surface area contributed by atoms with Gasteiger partial charge in [0.25, 0.3) is 5.91 Å². The first-order valence-electron chi connectivity index (χ1n) is 4.04. The van der Waals surface area contributed by atoms with Crippen molar-refractivity contribution < 1.29 is 9.59 Å². The number of fused-ring (bicyclic) bond motifs is 1. The Labute approximate surface area is 84.8 Å². The van der Waals surface area contributed by atoms with Crippen molar-refractivity contribution in [2.24, 2.45) is 5.73 Å². The molecule has 0 radical (unpaired) electrons. The van der Waals surface area contributed by atoms with Gasteiger partial charge in [0, 0.05) is 6.20 Å². The number of hydrogen-bond acceptors (Lipinski definition) is 5. The third-order valence-corrected chi connectivity index (χ3v) is 3.80. The molecule has 2 aliphatic rings. The standard InChI is InChI=1S/C8H9N3O2S/c1-4(12)8(10)2-3-11-6(13)5(9)7(11)14-8/h2-3,7,9H,10H2,1H3/t7-,8?/m1/s1. The van der Waals surface area contributed by atoms with Gasteiger partial charge in [0.1, 0.15) is 16.0 Å². The monoisotopic (exact) mass is 211 g/mol. The van der Waals surface area contributed by atoms with Crippen LogP contribution in [0.25, 0.3) is 0 Å². The van der Waals surface area contributed by atoms with Crippen LogP contribution >= 0.6 is 11.8 Å². The second-order valence-corrected chi connectivity index (χ2v) is 4.62. The number of thioether (sulfide) groups is 1. The summed E-state index contributed by atoms with van der Waals surface area (Å²) < 4.78 is 0. The number of rotatable bonds is 1. The Balaban J connectivity index is 2.29. The summed E-state index contributed by atoms with van der Waals surface area (Å²) in [4.78, 5) is 22.6. The molecule has 74 valence electrons. The fraction of sp³-hybridized carbons (Fsp3) is 0.375. The fourth-order valence-corrected chi connectivity index (χ4v) is 2.47. The van der Waals surface area contributed by atoms with Crippen LogP contribution in [0.1, 0.15) is 6.92 Å². The molecule has 2 atom stereocenters. The predicted molar refractivity (Wildman–Crippen MR) is 52.7 cm³/mol. The van der Waals surface area contributed by atoms with Crippen molar-refractivity contribution in [3.63, 3.8) is 0 Å². The van der Waals surface area contributed by atoms with Crippen LogP contribution in [-0.4, -0.2) is 32.5 Å². The molecule has 3 N–H and O–H groups in total. The number of carbonyl (C=O) groups excluding carboxylic acids is 2. The number of ketones is 1. The van der Waals surface area contributed by atoms with Gasteiger partial charge in [0.15, 0.2) is 5.78 Å². The van der Waals surface area contributed by atoms with Crippen LogP contribution in [-0.2, 0) is 9.59 Å². The average molecular weight is 211 g/mol. The van der Waals surface area contributed by atoms with E-state index in [-0.39, 0.29) is 22.8 Å². The summed E-state index contributed by atoms with van der Waals surface area (Å²) in [6.07, 6.45) is 2.99. The van der Waals surface area contributed by atoms with Gasteiger partial charge in [0.05, 0.1) is 0 Å². The lowest BCUT2D eigenvalue weighted by Gasteiger charge is -2.44. The summed E-state index contributed by atoms with van der Waals surface area (Å²) in [7, 11) is 0. The number of nitrogens with two attached hydrogens (primary N) is 1. The molecular formula is C8H9N3O2S. The number of carbonyl (C=O) groups is 2. The van der Waals surface area contributed by atoms with Gasteiger partial charge < -0.3 is 5.73 Å². The predicted octanol–water partition coefficient (Wildman–Crippen LogP) is -0.321. The molecule has 0 aromatic rings. The molecule has 5 nitrogen and oxygen atoms in total. The van der Waals surface area contributed by atoms with Crippen molar-refractivity contribution in [1.29, 1.82) is 5.41 Å². The minimum absolute atomic E-state index is 0.00965.